The lowest BCUT2D eigenvalue weighted by molar-refractivity contribution is 0.102. The van der Waals surface area contributed by atoms with Crippen LogP contribution < -0.4 is 10.6 Å². The molecule has 22 heavy (non-hydrogen) atoms. The van der Waals surface area contributed by atoms with Gasteiger partial charge in [-0.05, 0) is 55.5 Å². The summed E-state index contributed by atoms with van der Waals surface area (Å²) in [6.07, 6.45) is 4.62. The molecule has 0 aliphatic heterocycles. The van der Waals surface area contributed by atoms with Gasteiger partial charge in [0, 0.05) is 22.5 Å². The molecule has 0 saturated carbocycles. The summed E-state index contributed by atoms with van der Waals surface area (Å²) in [5.41, 5.74) is 4.21. The molecule has 116 valence electrons. The Morgan fingerprint density at radius 1 is 1.27 bits per heavy atom. The van der Waals surface area contributed by atoms with Gasteiger partial charge in [-0.2, -0.15) is 0 Å². The first kappa shape index (κ1) is 15.3. The normalized spacial score (nSPS) is 13.7. The Labute approximate surface area is 135 Å². The Kier molecular flexibility index (Phi) is 4.90. The highest BCUT2D eigenvalue weighted by atomic mass is 32.1. The third-order valence-corrected chi connectivity index (χ3v) is 5.16. The van der Waals surface area contributed by atoms with Gasteiger partial charge in [-0.1, -0.05) is 19.1 Å². The minimum Gasteiger partial charge on any atom is -0.322 e. The highest BCUT2D eigenvalue weighted by molar-refractivity contribution is 7.10. The van der Waals surface area contributed by atoms with Crippen LogP contribution in [-0.4, -0.2) is 12.5 Å². The predicted molar refractivity (Wildman–Crippen MR) is 92.7 cm³/mol. The van der Waals surface area contributed by atoms with Gasteiger partial charge in [-0.15, -0.1) is 11.3 Å². The van der Waals surface area contributed by atoms with Gasteiger partial charge < -0.3 is 10.6 Å². The largest absolute Gasteiger partial charge is 0.322 e. The van der Waals surface area contributed by atoms with Crippen LogP contribution in [0.2, 0.25) is 0 Å². The molecule has 0 spiro atoms. The Bertz CT molecular complexity index is 663. The van der Waals surface area contributed by atoms with E-state index in [0.717, 1.165) is 37.2 Å². The number of rotatable bonds is 5. The van der Waals surface area contributed by atoms with E-state index in [-0.39, 0.29) is 5.91 Å². The first-order valence-corrected chi connectivity index (χ1v) is 8.86. The molecule has 1 aromatic heterocycles. The maximum absolute atomic E-state index is 12.6. The van der Waals surface area contributed by atoms with Gasteiger partial charge in [0.2, 0.25) is 0 Å². The van der Waals surface area contributed by atoms with E-state index >= 15 is 0 Å². The fourth-order valence-electron chi connectivity index (χ4n) is 2.91. The van der Waals surface area contributed by atoms with Crippen LogP contribution in [0.3, 0.4) is 0 Å². The van der Waals surface area contributed by atoms with Crippen molar-refractivity contribution in [3.8, 4) is 0 Å². The molecule has 1 amide bonds. The Morgan fingerprint density at radius 2 is 2.14 bits per heavy atom. The molecular weight excluding hydrogens is 292 g/mol. The van der Waals surface area contributed by atoms with Crippen LogP contribution in [0.5, 0.6) is 0 Å². The summed E-state index contributed by atoms with van der Waals surface area (Å²) in [6.45, 7) is 3.86. The molecule has 0 atom stereocenters. The van der Waals surface area contributed by atoms with Crippen LogP contribution in [0.15, 0.2) is 29.6 Å². The van der Waals surface area contributed by atoms with Gasteiger partial charge in [-0.25, -0.2) is 0 Å². The van der Waals surface area contributed by atoms with E-state index in [9.17, 15) is 4.79 Å². The van der Waals surface area contributed by atoms with Crippen molar-refractivity contribution in [2.75, 3.05) is 11.9 Å². The molecule has 1 aliphatic rings. The first-order valence-electron chi connectivity index (χ1n) is 7.98. The standard InChI is InChI=1S/C18H22N2OS/c1-2-19-11-13-6-5-7-14(10-13)20-18(21)16-12-22-17-9-4-3-8-15(16)17/h5-7,10,12,19H,2-4,8-9,11H2,1H3,(H,20,21). The predicted octanol–water partition coefficient (Wildman–Crippen LogP) is 3.99. The number of thiophene rings is 1. The van der Waals surface area contributed by atoms with Gasteiger partial charge in [0.05, 0.1) is 5.56 Å². The number of hydrogen-bond acceptors (Lipinski definition) is 3. The third kappa shape index (κ3) is 3.39. The molecule has 0 fully saturated rings. The summed E-state index contributed by atoms with van der Waals surface area (Å²) < 4.78 is 0. The van der Waals surface area contributed by atoms with Crippen molar-refractivity contribution in [2.24, 2.45) is 0 Å². The van der Waals surface area contributed by atoms with Crippen molar-refractivity contribution < 1.29 is 4.79 Å². The number of aryl methyl sites for hydroxylation is 1. The van der Waals surface area contributed by atoms with Crippen LogP contribution in [0.25, 0.3) is 0 Å². The maximum atomic E-state index is 12.6. The molecule has 2 N–H and O–H groups in total. The summed E-state index contributed by atoms with van der Waals surface area (Å²) in [6, 6.07) is 8.06. The zero-order valence-electron chi connectivity index (χ0n) is 12.9. The fraction of sp³-hybridized carbons (Fsp3) is 0.389. The SMILES string of the molecule is CCNCc1cccc(NC(=O)c2csc3c2CCCC3)c1. The summed E-state index contributed by atoms with van der Waals surface area (Å²) in [7, 11) is 0. The van der Waals surface area contributed by atoms with E-state index in [2.05, 4.69) is 23.6 Å². The maximum Gasteiger partial charge on any atom is 0.256 e. The monoisotopic (exact) mass is 314 g/mol. The van der Waals surface area contributed by atoms with Crippen molar-refractivity contribution in [1.29, 1.82) is 0 Å². The number of hydrogen-bond donors (Lipinski definition) is 2. The average molecular weight is 314 g/mol. The molecule has 2 aromatic rings. The van der Waals surface area contributed by atoms with Crippen molar-refractivity contribution in [1.82, 2.24) is 5.32 Å². The highest BCUT2D eigenvalue weighted by Crippen LogP contribution is 2.30. The quantitative estimate of drug-likeness (QED) is 0.876. The van der Waals surface area contributed by atoms with Gasteiger partial charge >= 0.3 is 0 Å². The van der Waals surface area contributed by atoms with Crippen molar-refractivity contribution in [3.63, 3.8) is 0 Å². The topological polar surface area (TPSA) is 41.1 Å². The van der Waals surface area contributed by atoms with E-state index in [1.54, 1.807) is 11.3 Å². The molecule has 3 rings (SSSR count). The molecule has 1 aliphatic carbocycles. The molecular formula is C18H22N2OS. The zero-order chi connectivity index (χ0) is 15.4. The lowest BCUT2D eigenvalue weighted by atomic mass is 9.95. The summed E-state index contributed by atoms with van der Waals surface area (Å²) in [5, 5.41) is 8.38. The minimum absolute atomic E-state index is 0.0278. The van der Waals surface area contributed by atoms with Crippen molar-refractivity contribution >= 4 is 22.9 Å². The number of fused-ring (bicyclic) bond motifs is 1. The van der Waals surface area contributed by atoms with Crippen molar-refractivity contribution in [3.05, 3.63) is 51.2 Å². The van der Waals surface area contributed by atoms with E-state index in [1.165, 1.54) is 28.8 Å². The molecule has 0 bridgehead atoms. The van der Waals surface area contributed by atoms with E-state index in [4.69, 9.17) is 0 Å². The summed E-state index contributed by atoms with van der Waals surface area (Å²) >= 11 is 1.73. The van der Waals surface area contributed by atoms with Crippen molar-refractivity contribution in [2.45, 2.75) is 39.2 Å². The number of carbonyl (C=O) groups excluding carboxylic acids is 1. The van der Waals surface area contributed by atoms with E-state index in [0.29, 0.717) is 0 Å². The molecule has 0 radical (unpaired) electrons. The zero-order valence-corrected chi connectivity index (χ0v) is 13.8. The number of carbonyl (C=O) groups is 1. The number of amides is 1. The van der Waals surface area contributed by atoms with Crippen LogP contribution >= 0.6 is 11.3 Å². The molecule has 0 saturated heterocycles. The summed E-state index contributed by atoms with van der Waals surface area (Å²) in [4.78, 5) is 14.0. The van der Waals surface area contributed by atoms with Crippen LogP contribution in [0.1, 0.15) is 46.1 Å². The molecule has 0 unspecified atom stereocenters. The van der Waals surface area contributed by atoms with Crippen LogP contribution in [-0.2, 0) is 19.4 Å². The second kappa shape index (κ2) is 7.07. The third-order valence-electron chi connectivity index (χ3n) is 4.07. The average Bonchev–Trinajstić information content (AvgIpc) is 2.97. The molecule has 4 heteroatoms. The minimum atomic E-state index is 0.0278. The van der Waals surface area contributed by atoms with E-state index in [1.807, 2.05) is 23.6 Å². The van der Waals surface area contributed by atoms with Gasteiger partial charge in [0.15, 0.2) is 0 Å². The van der Waals surface area contributed by atoms with Gasteiger partial charge in [-0.3, -0.25) is 4.79 Å². The molecule has 1 aromatic carbocycles. The summed E-state index contributed by atoms with van der Waals surface area (Å²) in [5.74, 6) is 0.0278. The molecule has 1 heterocycles. The second-order valence-corrected chi connectivity index (χ2v) is 6.66. The smallest absolute Gasteiger partial charge is 0.256 e. The Hall–Kier alpha value is -1.65. The van der Waals surface area contributed by atoms with Crippen LogP contribution in [0.4, 0.5) is 5.69 Å². The molecule has 3 nitrogen and oxygen atoms in total. The van der Waals surface area contributed by atoms with E-state index < -0.39 is 0 Å². The lowest BCUT2D eigenvalue weighted by Crippen LogP contribution is -2.15. The Morgan fingerprint density at radius 3 is 3.00 bits per heavy atom. The number of nitrogens with one attached hydrogen (secondary N) is 2. The highest BCUT2D eigenvalue weighted by Gasteiger charge is 2.20. The van der Waals surface area contributed by atoms with Gasteiger partial charge in [0.25, 0.3) is 5.91 Å². The first-order chi connectivity index (χ1) is 10.8. The second-order valence-electron chi connectivity index (χ2n) is 5.69. The number of benzene rings is 1. The lowest BCUT2D eigenvalue weighted by Gasteiger charge is -2.13. The Balaban J connectivity index is 1.73. The fourth-order valence-corrected chi connectivity index (χ4v) is 4.04. The van der Waals surface area contributed by atoms with Gasteiger partial charge in [0.1, 0.15) is 0 Å². The number of anilines is 1. The van der Waals surface area contributed by atoms with Crippen LogP contribution in [0, 0.1) is 0 Å².